The van der Waals surface area contributed by atoms with Gasteiger partial charge in [0.2, 0.25) is 0 Å². The first kappa shape index (κ1) is 18.3. The predicted molar refractivity (Wildman–Crippen MR) is 92.6 cm³/mol. The Kier molecular flexibility index (Phi) is 5.46. The van der Waals surface area contributed by atoms with Crippen molar-refractivity contribution >= 4 is 11.8 Å². The van der Waals surface area contributed by atoms with Gasteiger partial charge in [-0.1, -0.05) is 61.9 Å². The molecule has 0 fully saturated rings. The van der Waals surface area contributed by atoms with Crippen molar-refractivity contribution in [1.29, 1.82) is 0 Å². The monoisotopic (exact) mass is 356 g/mol. The van der Waals surface area contributed by atoms with E-state index < -0.39 is 18.4 Å². The summed E-state index contributed by atoms with van der Waals surface area (Å²) in [5, 5.41) is 9.76. The topological polar surface area (TPSA) is 82.1 Å². The molecule has 2 aromatic rings. The fraction of sp³-hybridized carbons (Fsp3) is 0.300. The quantitative estimate of drug-likeness (QED) is 0.270. The highest BCUT2D eigenvalue weighted by Crippen LogP contribution is 2.43. The first-order valence-corrected chi connectivity index (χ1v) is 8.50. The minimum atomic E-state index is -1.77. The number of esters is 1. The third-order valence-corrected chi connectivity index (χ3v) is 4.34. The number of carbonyl (C=O) groups is 2. The minimum absolute atomic E-state index is 0.196. The average Bonchev–Trinajstić information content (AvgIpc) is 2.69. The highest BCUT2D eigenvalue weighted by Gasteiger charge is 2.47. The molecule has 0 bridgehead atoms. The standard InChI is InChI=1S/C20H20O6/c1-2-3-12-24-18(21)13-25-20(26-23)16-10-6-4-8-14(16)19(22)15-9-5-7-11-17(15)20/h4-11,23H,2-3,12-13H2,1H3. The summed E-state index contributed by atoms with van der Waals surface area (Å²) in [5.74, 6) is -2.54. The summed E-state index contributed by atoms with van der Waals surface area (Å²) in [6, 6.07) is 13.4. The highest BCUT2D eigenvalue weighted by molar-refractivity contribution is 6.12. The fourth-order valence-electron chi connectivity index (χ4n) is 3.04. The Balaban J connectivity index is 1.96. The number of fused-ring (bicyclic) bond motifs is 2. The number of carbonyl (C=O) groups excluding carboxylic acids is 2. The number of hydrogen-bond donors (Lipinski definition) is 1. The van der Waals surface area contributed by atoms with Crippen LogP contribution in [0, 0.1) is 0 Å². The maximum absolute atomic E-state index is 12.7. The van der Waals surface area contributed by atoms with Crippen molar-refractivity contribution < 1.29 is 29.2 Å². The number of ether oxygens (including phenoxy) is 2. The first-order chi connectivity index (χ1) is 12.6. The summed E-state index contributed by atoms with van der Waals surface area (Å²) in [6.45, 7) is 1.87. The second-order valence-corrected chi connectivity index (χ2v) is 5.99. The van der Waals surface area contributed by atoms with Crippen LogP contribution in [0.5, 0.6) is 0 Å². The van der Waals surface area contributed by atoms with Gasteiger partial charge in [0.1, 0.15) is 6.61 Å². The van der Waals surface area contributed by atoms with Crippen molar-refractivity contribution in [2.45, 2.75) is 25.6 Å². The molecule has 0 radical (unpaired) electrons. The van der Waals surface area contributed by atoms with Crippen LogP contribution in [0.25, 0.3) is 0 Å². The van der Waals surface area contributed by atoms with Crippen LogP contribution in [-0.2, 0) is 24.9 Å². The Hall–Kier alpha value is -2.54. The number of rotatable bonds is 7. The van der Waals surface area contributed by atoms with Gasteiger partial charge in [-0.3, -0.25) is 4.79 Å². The molecule has 0 unspecified atom stereocenters. The van der Waals surface area contributed by atoms with Crippen molar-refractivity contribution in [3.63, 3.8) is 0 Å². The van der Waals surface area contributed by atoms with Gasteiger partial charge in [0.15, 0.2) is 5.78 Å². The molecule has 0 saturated carbocycles. The Bertz CT molecular complexity index is 764. The van der Waals surface area contributed by atoms with Gasteiger partial charge in [-0.15, -0.1) is 0 Å². The Labute approximate surface area is 151 Å². The number of unbranched alkanes of at least 4 members (excludes halogenated alkanes) is 1. The van der Waals surface area contributed by atoms with Crippen LogP contribution in [0.4, 0.5) is 0 Å². The smallest absolute Gasteiger partial charge is 0.332 e. The number of hydrogen-bond acceptors (Lipinski definition) is 6. The van der Waals surface area contributed by atoms with Crippen molar-refractivity contribution in [2.24, 2.45) is 0 Å². The van der Waals surface area contributed by atoms with Crippen LogP contribution in [-0.4, -0.2) is 30.2 Å². The molecule has 0 heterocycles. The third-order valence-electron chi connectivity index (χ3n) is 4.34. The maximum Gasteiger partial charge on any atom is 0.332 e. The van der Waals surface area contributed by atoms with E-state index in [-0.39, 0.29) is 5.78 Å². The van der Waals surface area contributed by atoms with Crippen LogP contribution < -0.4 is 0 Å². The van der Waals surface area contributed by atoms with Gasteiger partial charge in [0.25, 0.3) is 5.79 Å². The molecule has 0 saturated heterocycles. The van der Waals surface area contributed by atoms with E-state index in [1.165, 1.54) is 0 Å². The summed E-state index contributed by atoms with van der Waals surface area (Å²) in [4.78, 5) is 29.5. The Morgan fingerprint density at radius 2 is 1.62 bits per heavy atom. The molecule has 0 atom stereocenters. The van der Waals surface area contributed by atoms with Gasteiger partial charge < -0.3 is 9.47 Å². The zero-order valence-corrected chi connectivity index (χ0v) is 14.4. The summed E-state index contributed by atoms with van der Waals surface area (Å²) in [6.07, 6.45) is 1.66. The first-order valence-electron chi connectivity index (χ1n) is 8.50. The van der Waals surface area contributed by atoms with E-state index in [9.17, 15) is 14.8 Å². The minimum Gasteiger partial charge on any atom is -0.464 e. The lowest BCUT2D eigenvalue weighted by molar-refractivity contribution is -0.394. The largest absolute Gasteiger partial charge is 0.464 e. The van der Waals surface area contributed by atoms with Gasteiger partial charge >= 0.3 is 5.97 Å². The van der Waals surface area contributed by atoms with Gasteiger partial charge in [-0.25, -0.2) is 10.1 Å². The molecule has 6 nitrogen and oxygen atoms in total. The SMILES string of the molecule is CCCCOC(=O)COC1(OO)c2ccccc2C(=O)c2ccccc21. The molecule has 1 N–H and O–H groups in total. The van der Waals surface area contributed by atoms with E-state index in [1.807, 2.05) is 6.92 Å². The van der Waals surface area contributed by atoms with Crippen molar-refractivity contribution in [3.8, 4) is 0 Å². The molecule has 0 aromatic heterocycles. The molecule has 1 aliphatic rings. The molecule has 2 aromatic carbocycles. The molecule has 6 heteroatoms. The van der Waals surface area contributed by atoms with Crippen molar-refractivity contribution in [1.82, 2.24) is 0 Å². The zero-order valence-electron chi connectivity index (χ0n) is 14.4. The summed E-state index contributed by atoms with van der Waals surface area (Å²) >= 11 is 0. The molecule has 1 aliphatic carbocycles. The molecule has 0 spiro atoms. The van der Waals surface area contributed by atoms with Crippen LogP contribution in [0.2, 0.25) is 0 Å². The van der Waals surface area contributed by atoms with E-state index in [1.54, 1.807) is 48.5 Å². The van der Waals surface area contributed by atoms with Gasteiger partial charge in [-0.05, 0) is 6.42 Å². The number of benzene rings is 2. The third kappa shape index (κ3) is 3.14. The Morgan fingerprint density at radius 1 is 1.04 bits per heavy atom. The van der Waals surface area contributed by atoms with Crippen LogP contribution in [0.3, 0.4) is 0 Å². The molecular weight excluding hydrogens is 336 g/mol. The number of ketones is 1. The lowest BCUT2D eigenvalue weighted by Gasteiger charge is -2.36. The fourth-order valence-corrected chi connectivity index (χ4v) is 3.04. The van der Waals surface area contributed by atoms with Gasteiger partial charge in [0.05, 0.1) is 6.61 Å². The molecule has 0 aliphatic heterocycles. The van der Waals surface area contributed by atoms with E-state index in [2.05, 4.69) is 0 Å². The molecular formula is C20H20O6. The van der Waals surface area contributed by atoms with Gasteiger partial charge in [-0.2, -0.15) is 4.89 Å². The van der Waals surface area contributed by atoms with Crippen LogP contribution >= 0.6 is 0 Å². The summed E-state index contributed by atoms with van der Waals surface area (Å²) in [5.41, 5.74) is 1.37. The maximum atomic E-state index is 12.7. The molecule has 0 amide bonds. The summed E-state index contributed by atoms with van der Waals surface area (Å²) < 4.78 is 10.8. The highest BCUT2D eigenvalue weighted by atomic mass is 17.1. The molecule has 3 rings (SSSR count). The second kappa shape index (κ2) is 7.78. The molecule has 136 valence electrons. The normalized spacial score (nSPS) is 14.5. The zero-order chi connectivity index (χ0) is 18.6. The Morgan fingerprint density at radius 3 is 2.15 bits per heavy atom. The lowest BCUT2D eigenvalue weighted by atomic mass is 9.80. The lowest BCUT2D eigenvalue weighted by Crippen LogP contribution is -2.41. The molecule has 26 heavy (non-hydrogen) atoms. The van der Waals surface area contributed by atoms with Crippen LogP contribution in [0.15, 0.2) is 48.5 Å². The van der Waals surface area contributed by atoms with Crippen molar-refractivity contribution in [2.75, 3.05) is 13.2 Å². The average molecular weight is 356 g/mol. The van der Waals surface area contributed by atoms with E-state index >= 15 is 0 Å². The second-order valence-electron chi connectivity index (χ2n) is 5.99. The van der Waals surface area contributed by atoms with E-state index in [4.69, 9.17) is 14.4 Å². The predicted octanol–water partition coefficient (Wildman–Crippen LogP) is 3.28. The van der Waals surface area contributed by atoms with E-state index in [0.717, 1.165) is 12.8 Å². The van der Waals surface area contributed by atoms with E-state index in [0.29, 0.717) is 28.9 Å². The van der Waals surface area contributed by atoms with Crippen molar-refractivity contribution in [3.05, 3.63) is 70.8 Å². The van der Waals surface area contributed by atoms with Gasteiger partial charge in [0, 0.05) is 22.3 Å². The summed E-state index contributed by atoms with van der Waals surface area (Å²) in [7, 11) is 0. The van der Waals surface area contributed by atoms with Crippen LogP contribution in [0.1, 0.15) is 46.8 Å².